The van der Waals surface area contributed by atoms with E-state index in [-0.39, 0.29) is 0 Å². The molecule has 0 aliphatic carbocycles. The summed E-state index contributed by atoms with van der Waals surface area (Å²) in [6.45, 7) is 1.87. The highest BCUT2D eigenvalue weighted by Gasteiger charge is 2.03. The molecular weight excluding hydrogens is 162 g/mol. The Balaban J connectivity index is 3.36. The summed E-state index contributed by atoms with van der Waals surface area (Å²) in [5.74, 6) is 0. The second-order valence-electron chi connectivity index (χ2n) is 2.37. The predicted molar refractivity (Wildman–Crippen MR) is 46.0 cm³/mol. The molecule has 0 fully saturated rings. The molecule has 0 aliphatic heterocycles. The zero-order valence-electron chi connectivity index (χ0n) is 6.10. The molecule has 0 aliphatic rings. The van der Waals surface area contributed by atoms with E-state index in [2.05, 4.69) is 0 Å². The fourth-order valence-corrected chi connectivity index (χ4v) is 1.23. The lowest BCUT2D eigenvalue weighted by Gasteiger charge is -2.01. The molecule has 11 heavy (non-hydrogen) atoms. The minimum absolute atomic E-state index is 0.372. The van der Waals surface area contributed by atoms with Gasteiger partial charge in [-0.3, -0.25) is 4.79 Å². The van der Waals surface area contributed by atoms with Gasteiger partial charge in [0.15, 0.2) is 6.29 Å². The zero-order chi connectivity index (χ0) is 8.43. The van der Waals surface area contributed by atoms with E-state index in [1.165, 1.54) is 0 Å². The Morgan fingerprint density at radius 3 is 2.64 bits per heavy atom. The Bertz CT molecular complexity index is 273. The highest BCUT2D eigenvalue weighted by Crippen LogP contribution is 2.21. The average Bonchev–Trinajstić information content (AvgIpc) is 1.85. The van der Waals surface area contributed by atoms with Crippen molar-refractivity contribution < 1.29 is 4.79 Å². The molecule has 0 bridgehead atoms. The van der Waals surface area contributed by atoms with Crippen molar-refractivity contribution in [3.05, 3.63) is 28.3 Å². The van der Waals surface area contributed by atoms with Gasteiger partial charge in [0.1, 0.15) is 0 Å². The van der Waals surface area contributed by atoms with Gasteiger partial charge in [-0.1, -0.05) is 11.6 Å². The fraction of sp³-hybridized carbons (Fsp3) is 0.125. The van der Waals surface area contributed by atoms with E-state index in [1.54, 1.807) is 12.1 Å². The number of hydrogen-bond acceptors (Lipinski definition) is 2. The van der Waals surface area contributed by atoms with Gasteiger partial charge in [0.05, 0.1) is 10.6 Å². The molecule has 2 N–H and O–H groups in total. The Morgan fingerprint density at radius 2 is 2.18 bits per heavy atom. The first-order chi connectivity index (χ1) is 5.15. The molecule has 1 aromatic carbocycles. The molecular formula is C8H8ClNO. The van der Waals surface area contributed by atoms with E-state index < -0.39 is 0 Å². The van der Waals surface area contributed by atoms with Crippen molar-refractivity contribution in [1.29, 1.82) is 0 Å². The molecule has 0 aromatic heterocycles. The standard InChI is InChI=1S/C8H8ClNO/c1-5-2-7(9)6(4-11)8(10)3-5/h2-4H,10H2,1H3. The molecule has 1 aromatic rings. The molecule has 2 nitrogen and oxygen atoms in total. The monoisotopic (exact) mass is 169 g/mol. The SMILES string of the molecule is Cc1cc(N)c(C=O)c(Cl)c1. The van der Waals surface area contributed by atoms with Gasteiger partial charge in [-0.05, 0) is 24.6 Å². The Morgan fingerprint density at radius 1 is 1.55 bits per heavy atom. The van der Waals surface area contributed by atoms with Crippen LogP contribution in [0.1, 0.15) is 15.9 Å². The fourth-order valence-electron chi connectivity index (χ4n) is 0.905. The van der Waals surface area contributed by atoms with Gasteiger partial charge in [0, 0.05) is 5.69 Å². The Hall–Kier alpha value is -1.02. The molecule has 0 heterocycles. The lowest BCUT2D eigenvalue weighted by molar-refractivity contribution is 0.112. The molecule has 58 valence electrons. The third-order valence-corrected chi connectivity index (χ3v) is 1.74. The van der Waals surface area contributed by atoms with Crippen molar-refractivity contribution in [2.24, 2.45) is 0 Å². The third kappa shape index (κ3) is 1.52. The minimum atomic E-state index is 0.372. The zero-order valence-corrected chi connectivity index (χ0v) is 6.85. The van der Waals surface area contributed by atoms with Gasteiger partial charge in [-0.2, -0.15) is 0 Å². The van der Waals surface area contributed by atoms with Crippen LogP contribution in [0.3, 0.4) is 0 Å². The maximum atomic E-state index is 10.4. The molecule has 0 saturated carbocycles. The smallest absolute Gasteiger partial charge is 0.153 e. The van der Waals surface area contributed by atoms with Crippen LogP contribution >= 0.6 is 11.6 Å². The molecule has 0 amide bonds. The van der Waals surface area contributed by atoms with Crippen molar-refractivity contribution in [2.75, 3.05) is 5.73 Å². The summed E-state index contributed by atoms with van der Waals surface area (Å²) >= 11 is 5.72. The molecule has 0 radical (unpaired) electrons. The first kappa shape index (κ1) is 8.08. The third-order valence-electron chi connectivity index (χ3n) is 1.42. The quantitative estimate of drug-likeness (QED) is 0.517. The van der Waals surface area contributed by atoms with Crippen molar-refractivity contribution in [1.82, 2.24) is 0 Å². The second kappa shape index (κ2) is 2.93. The lowest BCUT2D eigenvalue weighted by atomic mass is 10.1. The van der Waals surface area contributed by atoms with Crippen molar-refractivity contribution >= 4 is 23.6 Å². The normalized spacial score (nSPS) is 9.64. The summed E-state index contributed by atoms with van der Waals surface area (Å²) in [7, 11) is 0. The number of hydrogen-bond donors (Lipinski definition) is 1. The maximum absolute atomic E-state index is 10.4. The molecule has 1 rings (SSSR count). The van der Waals surface area contributed by atoms with Gasteiger partial charge in [0.2, 0.25) is 0 Å². The number of carbonyl (C=O) groups is 1. The average molecular weight is 170 g/mol. The van der Waals surface area contributed by atoms with E-state index in [0.717, 1.165) is 5.56 Å². The Kier molecular flexibility index (Phi) is 2.15. The van der Waals surface area contributed by atoms with E-state index in [4.69, 9.17) is 17.3 Å². The Labute approximate surface area is 70.0 Å². The van der Waals surface area contributed by atoms with Crippen LogP contribution in [0.5, 0.6) is 0 Å². The van der Waals surface area contributed by atoms with Crippen molar-refractivity contribution in [3.63, 3.8) is 0 Å². The topological polar surface area (TPSA) is 43.1 Å². The number of rotatable bonds is 1. The largest absolute Gasteiger partial charge is 0.398 e. The number of benzene rings is 1. The number of aldehydes is 1. The number of nitrogen functional groups attached to an aromatic ring is 1. The summed E-state index contributed by atoms with van der Waals surface area (Å²) in [6.07, 6.45) is 0.664. The van der Waals surface area contributed by atoms with Crippen molar-refractivity contribution in [2.45, 2.75) is 6.92 Å². The van der Waals surface area contributed by atoms with Gasteiger partial charge in [-0.15, -0.1) is 0 Å². The first-order valence-electron chi connectivity index (χ1n) is 3.16. The van der Waals surface area contributed by atoms with E-state index in [1.807, 2.05) is 6.92 Å². The van der Waals surface area contributed by atoms with Crippen LogP contribution in [0.25, 0.3) is 0 Å². The summed E-state index contributed by atoms with van der Waals surface area (Å²) in [5.41, 5.74) is 7.28. The van der Waals surface area contributed by atoms with Crippen LogP contribution in [-0.2, 0) is 0 Å². The molecule has 0 saturated heterocycles. The summed E-state index contributed by atoms with van der Waals surface area (Å²) in [4.78, 5) is 10.4. The summed E-state index contributed by atoms with van der Waals surface area (Å²) in [5, 5.41) is 0.414. The second-order valence-corrected chi connectivity index (χ2v) is 2.77. The van der Waals surface area contributed by atoms with Crippen LogP contribution < -0.4 is 5.73 Å². The molecule has 3 heteroatoms. The molecule has 0 unspecified atom stereocenters. The van der Waals surface area contributed by atoms with Gasteiger partial charge < -0.3 is 5.73 Å². The predicted octanol–water partition coefficient (Wildman–Crippen LogP) is 2.04. The van der Waals surface area contributed by atoms with Gasteiger partial charge in [-0.25, -0.2) is 0 Å². The molecule has 0 atom stereocenters. The maximum Gasteiger partial charge on any atom is 0.153 e. The number of carbonyl (C=O) groups excluding carboxylic acids is 1. The van der Waals surface area contributed by atoms with Crippen LogP contribution in [0.2, 0.25) is 5.02 Å². The number of anilines is 1. The lowest BCUT2D eigenvalue weighted by Crippen LogP contribution is -1.94. The first-order valence-corrected chi connectivity index (χ1v) is 3.53. The van der Waals surface area contributed by atoms with Crippen LogP contribution in [-0.4, -0.2) is 6.29 Å². The van der Waals surface area contributed by atoms with Gasteiger partial charge >= 0.3 is 0 Å². The number of aryl methyl sites for hydroxylation is 1. The minimum Gasteiger partial charge on any atom is -0.398 e. The van der Waals surface area contributed by atoms with Crippen LogP contribution in [0.4, 0.5) is 5.69 Å². The van der Waals surface area contributed by atoms with E-state index in [0.29, 0.717) is 22.6 Å². The van der Waals surface area contributed by atoms with Crippen molar-refractivity contribution in [3.8, 4) is 0 Å². The van der Waals surface area contributed by atoms with E-state index in [9.17, 15) is 4.79 Å². The van der Waals surface area contributed by atoms with Crippen LogP contribution in [0, 0.1) is 6.92 Å². The molecule has 0 spiro atoms. The summed E-state index contributed by atoms with van der Waals surface area (Å²) in [6, 6.07) is 3.43. The summed E-state index contributed by atoms with van der Waals surface area (Å²) < 4.78 is 0. The highest BCUT2D eigenvalue weighted by atomic mass is 35.5. The highest BCUT2D eigenvalue weighted by molar-refractivity contribution is 6.33. The number of nitrogens with two attached hydrogens (primary N) is 1. The van der Waals surface area contributed by atoms with Gasteiger partial charge in [0.25, 0.3) is 0 Å². The number of halogens is 1. The van der Waals surface area contributed by atoms with Crippen LogP contribution in [0.15, 0.2) is 12.1 Å². The van der Waals surface area contributed by atoms with E-state index >= 15 is 0 Å².